The van der Waals surface area contributed by atoms with Crippen LogP contribution in [0.25, 0.3) is 0 Å². The predicted octanol–water partition coefficient (Wildman–Crippen LogP) is 5.68. The van der Waals surface area contributed by atoms with Gasteiger partial charge in [-0.25, -0.2) is 4.89 Å². The molecule has 0 aromatic heterocycles. The summed E-state index contributed by atoms with van der Waals surface area (Å²) in [7, 11) is 0. The molecule has 24 heavy (non-hydrogen) atoms. The van der Waals surface area contributed by atoms with Crippen LogP contribution in [0.3, 0.4) is 0 Å². The molecule has 136 valence electrons. The summed E-state index contributed by atoms with van der Waals surface area (Å²) in [6.07, 6.45) is 23.6. The summed E-state index contributed by atoms with van der Waals surface area (Å²) < 4.78 is 0. The Kier molecular flexibility index (Phi) is 16.5. The minimum absolute atomic E-state index is 0.120. The second-order valence-corrected chi connectivity index (χ2v) is 5.65. The molecule has 0 aliphatic heterocycles. The highest BCUT2D eigenvalue weighted by molar-refractivity contribution is 5.66. The Morgan fingerprint density at radius 1 is 0.958 bits per heavy atom. The number of carbonyl (C=O) groups is 1. The largest absolute Gasteiger partial charge is 0.481 e. The Balaban J connectivity index is 3.81. The SMILES string of the molecule is CCCCCCC/C=C/C/C=C/[C@H](/C=C/C=C/CCC(=O)O)OO. The van der Waals surface area contributed by atoms with Crippen molar-refractivity contribution < 1.29 is 20.0 Å². The Morgan fingerprint density at radius 2 is 1.75 bits per heavy atom. The molecule has 0 aromatic carbocycles. The topological polar surface area (TPSA) is 66.8 Å². The smallest absolute Gasteiger partial charge is 0.303 e. The van der Waals surface area contributed by atoms with Crippen molar-refractivity contribution in [1.29, 1.82) is 0 Å². The number of hydrogen-bond acceptors (Lipinski definition) is 3. The zero-order chi connectivity index (χ0) is 17.9. The lowest BCUT2D eigenvalue weighted by Gasteiger charge is -2.00. The first kappa shape index (κ1) is 22.4. The van der Waals surface area contributed by atoms with Gasteiger partial charge in [0.15, 0.2) is 0 Å². The van der Waals surface area contributed by atoms with E-state index in [1.54, 1.807) is 30.4 Å². The molecule has 0 saturated heterocycles. The standard InChI is InChI=1S/C20H32O4/c1-2-3-4-5-6-7-8-9-10-13-16-19(24-23)17-14-11-12-15-18-20(21)22/h8-9,11-14,16-17,19,23H,2-7,10,15,18H2,1H3,(H,21,22)/b9-8+,12-11+,16-13+,17-14+/t19-/m1/s1. The van der Waals surface area contributed by atoms with Crippen molar-refractivity contribution in [2.45, 2.75) is 70.8 Å². The molecule has 0 aliphatic carbocycles. The lowest BCUT2D eigenvalue weighted by atomic mass is 10.1. The van der Waals surface area contributed by atoms with E-state index in [1.165, 1.54) is 32.1 Å². The molecule has 0 saturated carbocycles. The maximum Gasteiger partial charge on any atom is 0.303 e. The molecule has 0 aliphatic rings. The molecular formula is C20H32O4. The van der Waals surface area contributed by atoms with E-state index in [4.69, 9.17) is 10.4 Å². The van der Waals surface area contributed by atoms with Gasteiger partial charge in [0.05, 0.1) is 0 Å². The number of hydrogen-bond donors (Lipinski definition) is 2. The normalized spacial score (nSPS) is 13.8. The van der Waals surface area contributed by atoms with Crippen LogP contribution >= 0.6 is 0 Å². The van der Waals surface area contributed by atoms with Gasteiger partial charge in [-0.05, 0) is 31.8 Å². The minimum atomic E-state index is -0.808. The number of rotatable bonds is 15. The highest BCUT2D eigenvalue weighted by Crippen LogP contribution is 2.06. The minimum Gasteiger partial charge on any atom is -0.481 e. The van der Waals surface area contributed by atoms with Crippen LogP contribution in [0.5, 0.6) is 0 Å². The van der Waals surface area contributed by atoms with Crippen molar-refractivity contribution in [1.82, 2.24) is 0 Å². The van der Waals surface area contributed by atoms with Gasteiger partial charge in [0, 0.05) is 6.42 Å². The molecule has 1 atom stereocenters. The Hall–Kier alpha value is -1.65. The fraction of sp³-hybridized carbons (Fsp3) is 0.550. The molecule has 0 heterocycles. The van der Waals surface area contributed by atoms with Crippen LogP contribution in [-0.4, -0.2) is 22.4 Å². The molecule has 2 N–H and O–H groups in total. The Bertz CT molecular complexity index is 408. The molecule has 0 bridgehead atoms. The number of unbranched alkanes of at least 4 members (excludes halogenated alkanes) is 5. The molecule has 4 nitrogen and oxygen atoms in total. The van der Waals surface area contributed by atoms with Gasteiger partial charge in [0.1, 0.15) is 6.10 Å². The van der Waals surface area contributed by atoms with Crippen LogP contribution < -0.4 is 0 Å². The van der Waals surface area contributed by atoms with Gasteiger partial charge in [0.2, 0.25) is 0 Å². The molecule has 0 spiro atoms. The van der Waals surface area contributed by atoms with Gasteiger partial charge in [0.25, 0.3) is 0 Å². The summed E-state index contributed by atoms with van der Waals surface area (Å²) in [5, 5.41) is 17.3. The van der Waals surface area contributed by atoms with Crippen LogP contribution in [-0.2, 0) is 9.68 Å². The number of carboxylic acids is 1. The molecule has 0 radical (unpaired) electrons. The molecule has 0 amide bonds. The molecular weight excluding hydrogens is 304 g/mol. The molecule has 4 heteroatoms. The number of carboxylic acid groups (broad SMARTS) is 1. The van der Waals surface area contributed by atoms with Gasteiger partial charge in [-0.15, -0.1) is 0 Å². The van der Waals surface area contributed by atoms with Crippen LogP contribution in [0, 0.1) is 0 Å². The fourth-order valence-electron chi connectivity index (χ4n) is 2.06. The second kappa shape index (κ2) is 17.7. The third-order valence-corrected chi connectivity index (χ3v) is 3.43. The van der Waals surface area contributed by atoms with Crippen LogP contribution in [0.2, 0.25) is 0 Å². The summed E-state index contributed by atoms with van der Waals surface area (Å²) in [5.74, 6) is -0.808. The van der Waals surface area contributed by atoms with Gasteiger partial charge >= 0.3 is 5.97 Å². The quantitative estimate of drug-likeness (QED) is 0.133. The van der Waals surface area contributed by atoms with E-state index in [-0.39, 0.29) is 6.42 Å². The Morgan fingerprint density at radius 3 is 2.46 bits per heavy atom. The van der Waals surface area contributed by atoms with Gasteiger partial charge in [-0.3, -0.25) is 10.1 Å². The zero-order valence-corrected chi connectivity index (χ0v) is 14.8. The van der Waals surface area contributed by atoms with E-state index < -0.39 is 12.1 Å². The molecule has 0 fully saturated rings. The maximum atomic E-state index is 10.3. The van der Waals surface area contributed by atoms with Crippen LogP contribution in [0.1, 0.15) is 64.7 Å². The van der Waals surface area contributed by atoms with Crippen molar-refractivity contribution >= 4 is 5.97 Å². The Labute approximate surface area is 146 Å². The summed E-state index contributed by atoms with van der Waals surface area (Å²) >= 11 is 0. The predicted molar refractivity (Wildman–Crippen MR) is 98.9 cm³/mol. The summed E-state index contributed by atoms with van der Waals surface area (Å²) in [6.45, 7) is 2.22. The van der Waals surface area contributed by atoms with Crippen molar-refractivity contribution in [3.05, 3.63) is 48.6 Å². The third kappa shape index (κ3) is 16.7. The van der Waals surface area contributed by atoms with Crippen molar-refractivity contribution in [2.75, 3.05) is 0 Å². The molecule has 0 rings (SSSR count). The molecule has 0 aromatic rings. The lowest BCUT2D eigenvalue weighted by molar-refractivity contribution is -0.254. The zero-order valence-electron chi connectivity index (χ0n) is 14.8. The van der Waals surface area contributed by atoms with Crippen molar-refractivity contribution in [2.24, 2.45) is 0 Å². The van der Waals surface area contributed by atoms with E-state index in [9.17, 15) is 4.79 Å². The second-order valence-electron chi connectivity index (χ2n) is 5.65. The number of allylic oxidation sites excluding steroid dienone is 6. The van der Waals surface area contributed by atoms with Gasteiger partial charge in [-0.2, -0.15) is 0 Å². The van der Waals surface area contributed by atoms with E-state index in [0.717, 1.165) is 12.8 Å². The highest BCUT2D eigenvalue weighted by Gasteiger charge is 1.96. The fourth-order valence-corrected chi connectivity index (χ4v) is 2.06. The van der Waals surface area contributed by atoms with E-state index in [1.807, 2.05) is 6.08 Å². The third-order valence-electron chi connectivity index (χ3n) is 3.43. The van der Waals surface area contributed by atoms with E-state index in [0.29, 0.717) is 6.42 Å². The highest BCUT2D eigenvalue weighted by atomic mass is 17.1. The molecule has 0 unspecified atom stereocenters. The maximum absolute atomic E-state index is 10.3. The van der Waals surface area contributed by atoms with Crippen LogP contribution in [0.15, 0.2) is 48.6 Å². The first-order valence-corrected chi connectivity index (χ1v) is 8.87. The average molecular weight is 336 g/mol. The first-order chi connectivity index (χ1) is 11.7. The van der Waals surface area contributed by atoms with Crippen LogP contribution in [0.4, 0.5) is 0 Å². The van der Waals surface area contributed by atoms with E-state index >= 15 is 0 Å². The monoisotopic (exact) mass is 336 g/mol. The van der Waals surface area contributed by atoms with Gasteiger partial charge < -0.3 is 5.11 Å². The average Bonchev–Trinajstić information content (AvgIpc) is 2.57. The summed E-state index contributed by atoms with van der Waals surface area (Å²) in [6, 6.07) is 0. The summed E-state index contributed by atoms with van der Waals surface area (Å²) in [4.78, 5) is 14.7. The van der Waals surface area contributed by atoms with Crippen molar-refractivity contribution in [3.63, 3.8) is 0 Å². The lowest BCUT2D eigenvalue weighted by Crippen LogP contribution is -2.01. The number of aliphatic carboxylic acids is 1. The summed E-state index contributed by atoms with van der Waals surface area (Å²) in [5.41, 5.74) is 0. The van der Waals surface area contributed by atoms with Gasteiger partial charge in [-0.1, -0.05) is 75.1 Å². The first-order valence-electron chi connectivity index (χ1n) is 8.87. The van der Waals surface area contributed by atoms with E-state index in [2.05, 4.69) is 24.0 Å². The van der Waals surface area contributed by atoms with Crippen molar-refractivity contribution in [3.8, 4) is 0 Å².